The van der Waals surface area contributed by atoms with Gasteiger partial charge in [-0.15, -0.1) is 0 Å². The van der Waals surface area contributed by atoms with Crippen molar-refractivity contribution in [1.82, 2.24) is 19.2 Å². The van der Waals surface area contributed by atoms with Gasteiger partial charge in [0.25, 0.3) is 18.8 Å². The number of hydrogen-bond donors (Lipinski definition) is 2. The highest BCUT2D eigenvalue weighted by molar-refractivity contribution is 6.05. The van der Waals surface area contributed by atoms with Gasteiger partial charge in [-0.3, -0.25) is 9.20 Å². The third kappa shape index (κ3) is 4.61. The molecule has 0 atom stereocenters. The molecule has 0 spiro atoms. The molecule has 3 aromatic heterocycles. The van der Waals surface area contributed by atoms with Crippen LogP contribution in [0.25, 0.3) is 5.65 Å². The minimum Gasteiger partial charge on any atom is -0.341 e. The summed E-state index contributed by atoms with van der Waals surface area (Å²) >= 11 is 0. The maximum absolute atomic E-state index is 13.1. The van der Waals surface area contributed by atoms with Crippen molar-refractivity contribution in [3.63, 3.8) is 0 Å². The highest BCUT2D eigenvalue weighted by Gasteiger charge is 2.25. The maximum Gasteiger partial charge on any atom is 0.333 e. The number of nitrogens with zero attached hydrogens (tertiary/aromatic N) is 4. The second kappa shape index (κ2) is 8.84. The summed E-state index contributed by atoms with van der Waals surface area (Å²) in [6, 6.07) is 10.8. The first-order valence-electron chi connectivity index (χ1n) is 9.33. The molecule has 172 valence electrons. The molecule has 7 nitrogen and oxygen atoms in total. The van der Waals surface area contributed by atoms with E-state index in [0.717, 1.165) is 0 Å². The molecule has 0 saturated carbocycles. The van der Waals surface area contributed by atoms with Crippen LogP contribution in [0.2, 0.25) is 0 Å². The van der Waals surface area contributed by atoms with Gasteiger partial charge in [0.1, 0.15) is 22.9 Å². The summed E-state index contributed by atoms with van der Waals surface area (Å²) in [5.41, 5.74) is -1.06. The van der Waals surface area contributed by atoms with Gasteiger partial charge in [0, 0.05) is 23.8 Å². The van der Waals surface area contributed by atoms with E-state index in [-0.39, 0.29) is 16.1 Å². The summed E-state index contributed by atoms with van der Waals surface area (Å²) in [5.74, 6) is -0.578. The number of imidazole rings is 1. The molecule has 0 bridgehead atoms. The van der Waals surface area contributed by atoms with Crippen molar-refractivity contribution in [3.05, 3.63) is 71.8 Å². The number of halogens is 6. The summed E-state index contributed by atoms with van der Waals surface area (Å²) in [5, 5.41) is 8.43. The van der Waals surface area contributed by atoms with Crippen LogP contribution in [0.3, 0.4) is 0 Å². The van der Waals surface area contributed by atoms with Gasteiger partial charge in [-0.2, -0.15) is 13.9 Å². The first-order valence-corrected chi connectivity index (χ1v) is 9.33. The fourth-order valence-corrected chi connectivity index (χ4v) is 3.06. The molecule has 33 heavy (non-hydrogen) atoms. The smallest absolute Gasteiger partial charge is 0.333 e. The number of fused-ring (bicyclic) bond motifs is 1. The van der Waals surface area contributed by atoms with Crippen LogP contribution in [-0.2, 0) is 0 Å². The molecular formula is C20H14F6N6O. The minimum absolute atomic E-state index is 0.0143. The van der Waals surface area contributed by atoms with Crippen molar-refractivity contribution in [1.29, 1.82) is 0 Å². The zero-order valence-electron chi connectivity index (χ0n) is 16.4. The molecule has 1 amide bonds. The SMILES string of the molecule is O=C(Nc1ccc(Nc2cccc3nc(C(F)F)cn23)cc1)c1cn(C(F)F)nc1C(F)F. The van der Waals surface area contributed by atoms with Gasteiger partial charge in [-0.05, 0) is 36.4 Å². The van der Waals surface area contributed by atoms with Gasteiger partial charge in [-0.1, -0.05) is 6.07 Å². The van der Waals surface area contributed by atoms with Gasteiger partial charge >= 0.3 is 6.55 Å². The van der Waals surface area contributed by atoms with Crippen LogP contribution in [0.5, 0.6) is 0 Å². The van der Waals surface area contributed by atoms with Crippen LogP contribution in [0.15, 0.2) is 54.9 Å². The third-order valence-corrected chi connectivity index (χ3v) is 4.56. The molecule has 0 saturated heterocycles. The van der Waals surface area contributed by atoms with Crippen molar-refractivity contribution in [3.8, 4) is 0 Å². The second-order valence-corrected chi connectivity index (χ2v) is 6.75. The molecule has 2 N–H and O–H groups in total. The lowest BCUT2D eigenvalue weighted by Crippen LogP contribution is -2.13. The molecule has 0 aliphatic heterocycles. The van der Waals surface area contributed by atoms with Crippen LogP contribution in [0, 0.1) is 0 Å². The minimum atomic E-state index is -3.21. The number of carbonyl (C=O) groups excluding carboxylic acids is 1. The van der Waals surface area contributed by atoms with E-state index < -0.39 is 36.6 Å². The predicted molar refractivity (Wildman–Crippen MR) is 106 cm³/mol. The average molecular weight is 468 g/mol. The second-order valence-electron chi connectivity index (χ2n) is 6.75. The molecule has 0 fully saturated rings. The number of pyridine rings is 1. The highest BCUT2D eigenvalue weighted by atomic mass is 19.3. The molecule has 13 heteroatoms. The summed E-state index contributed by atoms with van der Waals surface area (Å²) in [4.78, 5) is 16.2. The number of alkyl halides is 6. The highest BCUT2D eigenvalue weighted by Crippen LogP contribution is 2.26. The quantitative estimate of drug-likeness (QED) is 0.337. The normalized spacial score (nSPS) is 11.7. The molecule has 4 rings (SSSR count). The van der Waals surface area contributed by atoms with Crippen LogP contribution < -0.4 is 10.6 Å². The largest absolute Gasteiger partial charge is 0.341 e. The molecule has 3 heterocycles. The number of carbonyl (C=O) groups is 1. The number of nitrogens with one attached hydrogen (secondary N) is 2. The molecular weight excluding hydrogens is 454 g/mol. The Morgan fingerprint density at radius 1 is 0.879 bits per heavy atom. The van der Waals surface area contributed by atoms with Gasteiger partial charge in [0.05, 0.1) is 5.56 Å². The summed E-state index contributed by atoms with van der Waals surface area (Å²) in [6.07, 6.45) is -4.18. The number of amides is 1. The lowest BCUT2D eigenvalue weighted by Gasteiger charge is -2.10. The lowest BCUT2D eigenvalue weighted by atomic mass is 10.2. The Morgan fingerprint density at radius 3 is 2.21 bits per heavy atom. The zero-order chi connectivity index (χ0) is 23.7. The van der Waals surface area contributed by atoms with Gasteiger partial charge in [-0.25, -0.2) is 27.2 Å². The van der Waals surface area contributed by atoms with E-state index in [1.165, 1.54) is 34.9 Å². The van der Waals surface area contributed by atoms with Crippen molar-refractivity contribution < 1.29 is 31.1 Å². The van der Waals surface area contributed by atoms with E-state index in [1.807, 2.05) is 0 Å². The number of aromatic nitrogens is 4. The fourth-order valence-electron chi connectivity index (χ4n) is 3.06. The Balaban J connectivity index is 1.51. The van der Waals surface area contributed by atoms with Crippen LogP contribution >= 0.6 is 0 Å². The number of hydrogen-bond acceptors (Lipinski definition) is 4. The van der Waals surface area contributed by atoms with Gasteiger partial charge in [0.15, 0.2) is 0 Å². The van der Waals surface area contributed by atoms with Gasteiger partial charge < -0.3 is 10.6 Å². The van der Waals surface area contributed by atoms with Crippen molar-refractivity contribution >= 4 is 28.7 Å². The van der Waals surface area contributed by atoms with E-state index in [0.29, 0.717) is 23.3 Å². The summed E-state index contributed by atoms with van der Waals surface area (Å²) < 4.78 is 78.9. The van der Waals surface area contributed by atoms with Crippen LogP contribution in [-0.4, -0.2) is 25.1 Å². The van der Waals surface area contributed by atoms with E-state index in [9.17, 15) is 31.1 Å². The van der Waals surface area contributed by atoms with Crippen molar-refractivity contribution in [2.24, 2.45) is 0 Å². The third-order valence-electron chi connectivity index (χ3n) is 4.56. The maximum atomic E-state index is 13.1. The number of rotatable bonds is 7. The molecule has 4 aromatic rings. The van der Waals surface area contributed by atoms with Crippen LogP contribution in [0.4, 0.5) is 43.5 Å². The molecule has 0 unspecified atom stereocenters. The first kappa shape index (κ1) is 22.2. The van der Waals surface area contributed by atoms with Crippen LogP contribution in [0.1, 0.15) is 41.1 Å². The molecule has 0 radical (unpaired) electrons. The number of anilines is 3. The molecule has 0 aliphatic rings. The lowest BCUT2D eigenvalue weighted by molar-refractivity contribution is 0.0537. The van der Waals surface area contributed by atoms with E-state index in [2.05, 4.69) is 20.7 Å². The number of benzene rings is 1. The van der Waals surface area contributed by atoms with E-state index >= 15 is 0 Å². The summed E-state index contributed by atoms with van der Waals surface area (Å²) in [7, 11) is 0. The molecule has 0 aliphatic carbocycles. The Bertz CT molecular complexity index is 1280. The summed E-state index contributed by atoms with van der Waals surface area (Å²) in [6.45, 7) is -3.17. The van der Waals surface area contributed by atoms with Crippen molar-refractivity contribution in [2.75, 3.05) is 10.6 Å². The molecule has 1 aromatic carbocycles. The van der Waals surface area contributed by atoms with Crippen molar-refractivity contribution in [2.45, 2.75) is 19.4 Å². The first-order chi connectivity index (χ1) is 15.7. The van der Waals surface area contributed by atoms with E-state index in [1.54, 1.807) is 18.2 Å². The Kier molecular flexibility index (Phi) is 5.94. The Labute approximate surface area is 181 Å². The Hall–Kier alpha value is -4.03. The van der Waals surface area contributed by atoms with E-state index in [4.69, 9.17) is 0 Å². The monoisotopic (exact) mass is 468 g/mol. The Morgan fingerprint density at radius 2 is 1.58 bits per heavy atom. The predicted octanol–water partition coefficient (Wildman–Crippen LogP) is 5.80. The zero-order valence-corrected chi connectivity index (χ0v) is 16.4. The standard InChI is InChI=1S/C20H14F6N6O/c21-17(22)13-9-31-14(2-1-3-15(31)29-13)27-10-4-6-11(7-5-10)28-19(33)12-8-32(20(25)26)30-16(12)18(23)24/h1-9,17-18,20,27H,(H,28,33). The average Bonchev–Trinajstić information content (AvgIpc) is 3.41. The van der Waals surface area contributed by atoms with Gasteiger partial charge in [0.2, 0.25) is 0 Å². The topological polar surface area (TPSA) is 76.2 Å². The fraction of sp³-hybridized carbons (Fsp3) is 0.150.